The van der Waals surface area contributed by atoms with Crippen LogP contribution in [0.3, 0.4) is 0 Å². The maximum atomic E-state index is 14.9. The van der Waals surface area contributed by atoms with Gasteiger partial charge in [0.25, 0.3) is 5.91 Å². The van der Waals surface area contributed by atoms with Crippen LogP contribution in [-0.2, 0) is 0 Å². The lowest BCUT2D eigenvalue weighted by Gasteiger charge is -2.27. The van der Waals surface area contributed by atoms with Gasteiger partial charge in [0, 0.05) is 28.2 Å². The molecule has 0 spiro atoms. The fourth-order valence-corrected chi connectivity index (χ4v) is 6.34. The van der Waals surface area contributed by atoms with Crippen LogP contribution in [0.2, 0.25) is 0 Å². The minimum atomic E-state index is -2.13. The second-order valence-electron chi connectivity index (χ2n) is 10.8. The molecule has 0 aliphatic heterocycles. The van der Waals surface area contributed by atoms with E-state index in [4.69, 9.17) is 5.11 Å². The highest BCUT2D eigenvalue weighted by Crippen LogP contribution is 2.39. The Kier molecular flexibility index (Phi) is 8.82. The van der Waals surface area contributed by atoms with E-state index in [1.165, 1.54) is 37.7 Å². The maximum Gasteiger partial charge on any atom is 0.341 e. The Morgan fingerprint density at radius 2 is 1.51 bits per heavy atom. The van der Waals surface area contributed by atoms with E-state index >= 15 is 0 Å². The molecule has 1 aliphatic rings. The molecule has 1 aromatic heterocycles. The summed E-state index contributed by atoms with van der Waals surface area (Å²) < 4.78 is 58.8. The molecule has 224 valence electrons. The standard InChI is InChI=1S/C32H29F4N3O3S/c1-17(2)39(29-27(35)25(33)24(31(41)42)26(34)28(29)36)32-38-23(16-43-32)20-12-14-22(15-13-20)37-30(40)21-10-8-19(9-11-21)18-6-4-3-5-7-18/h8-18H,3-7H2,1-2H3,(H,37,40)(H,41,42). The van der Waals surface area contributed by atoms with Crippen LogP contribution in [-0.4, -0.2) is 28.0 Å². The Morgan fingerprint density at radius 1 is 0.907 bits per heavy atom. The number of halogens is 4. The number of carboxylic acid groups (broad SMARTS) is 1. The van der Waals surface area contributed by atoms with E-state index in [1.54, 1.807) is 43.5 Å². The van der Waals surface area contributed by atoms with Crippen molar-refractivity contribution in [1.29, 1.82) is 0 Å². The monoisotopic (exact) mass is 611 g/mol. The molecule has 0 saturated heterocycles. The summed E-state index contributed by atoms with van der Waals surface area (Å²) in [7, 11) is 0. The lowest BCUT2D eigenvalue weighted by molar-refractivity contribution is 0.0683. The minimum Gasteiger partial charge on any atom is -0.477 e. The van der Waals surface area contributed by atoms with Gasteiger partial charge in [0.15, 0.2) is 28.4 Å². The summed E-state index contributed by atoms with van der Waals surface area (Å²) in [5.41, 5.74) is 0.638. The molecule has 0 radical (unpaired) electrons. The van der Waals surface area contributed by atoms with E-state index < -0.39 is 46.5 Å². The number of aromatic carboxylic acids is 1. The number of thiazole rings is 1. The lowest BCUT2D eigenvalue weighted by atomic mass is 9.84. The van der Waals surface area contributed by atoms with Crippen LogP contribution in [0.1, 0.15) is 78.1 Å². The lowest BCUT2D eigenvalue weighted by Crippen LogP contribution is -2.29. The summed E-state index contributed by atoms with van der Waals surface area (Å²) in [6.07, 6.45) is 6.11. The van der Waals surface area contributed by atoms with Crippen molar-refractivity contribution in [2.45, 2.75) is 57.9 Å². The molecular weight excluding hydrogens is 582 g/mol. The molecule has 0 bridgehead atoms. The van der Waals surface area contributed by atoms with Gasteiger partial charge in [-0.1, -0.05) is 43.5 Å². The minimum absolute atomic E-state index is 0.0405. The SMILES string of the molecule is CC(C)N(c1nc(-c2ccc(NC(=O)c3ccc(C4CCCCC4)cc3)cc2)cs1)c1c(F)c(F)c(C(=O)O)c(F)c1F. The molecule has 3 aromatic carbocycles. The van der Waals surface area contributed by atoms with Gasteiger partial charge in [-0.15, -0.1) is 11.3 Å². The van der Waals surface area contributed by atoms with Crippen LogP contribution in [0.25, 0.3) is 11.3 Å². The van der Waals surface area contributed by atoms with Crippen molar-refractivity contribution in [3.63, 3.8) is 0 Å². The van der Waals surface area contributed by atoms with Gasteiger partial charge in [0.1, 0.15) is 11.3 Å². The third kappa shape index (κ3) is 6.13. The first-order chi connectivity index (χ1) is 20.6. The van der Waals surface area contributed by atoms with Crippen molar-refractivity contribution in [1.82, 2.24) is 4.98 Å². The molecule has 1 saturated carbocycles. The van der Waals surface area contributed by atoms with E-state index in [1.807, 2.05) is 24.3 Å². The Labute approximate surface area is 250 Å². The Balaban J connectivity index is 1.33. The topological polar surface area (TPSA) is 82.5 Å². The molecule has 1 aliphatic carbocycles. The highest BCUT2D eigenvalue weighted by Gasteiger charge is 2.34. The van der Waals surface area contributed by atoms with E-state index in [9.17, 15) is 27.2 Å². The number of anilines is 3. The second kappa shape index (κ2) is 12.5. The number of hydrogen-bond acceptors (Lipinski definition) is 5. The molecule has 11 heteroatoms. The molecule has 43 heavy (non-hydrogen) atoms. The van der Waals surface area contributed by atoms with Crippen LogP contribution < -0.4 is 10.2 Å². The number of hydrogen-bond donors (Lipinski definition) is 2. The van der Waals surface area contributed by atoms with Crippen molar-refractivity contribution in [3.8, 4) is 11.3 Å². The van der Waals surface area contributed by atoms with Crippen molar-refractivity contribution in [3.05, 3.63) is 93.9 Å². The molecule has 4 aromatic rings. The van der Waals surface area contributed by atoms with Gasteiger partial charge < -0.3 is 15.3 Å². The average molecular weight is 612 g/mol. The number of carboxylic acids is 1. The van der Waals surface area contributed by atoms with E-state index in [-0.39, 0.29) is 11.0 Å². The average Bonchev–Trinajstić information content (AvgIpc) is 3.48. The number of benzene rings is 3. The Bertz CT molecular complexity index is 1620. The first kappa shape index (κ1) is 30.2. The van der Waals surface area contributed by atoms with Gasteiger partial charge >= 0.3 is 5.97 Å². The van der Waals surface area contributed by atoms with Gasteiger partial charge in [-0.05, 0) is 62.4 Å². The molecule has 0 unspecified atom stereocenters. The van der Waals surface area contributed by atoms with Gasteiger partial charge in [0.2, 0.25) is 0 Å². The number of rotatable bonds is 8. The summed E-state index contributed by atoms with van der Waals surface area (Å²) in [6, 6.07) is 13.8. The largest absolute Gasteiger partial charge is 0.477 e. The molecule has 1 fully saturated rings. The Morgan fingerprint density at radius 3 is 2.07 bits per heavy atom. The normalized spacial score (nSPS) is 13.7. The quantitative estimate of drug-likeness (QED) is 0.154. The predicted octanol–water partition coefficient (Wildman–Crippen LogP) is 8.91. The smallest absolute Gasteiger partial charge is 0.341 e. The molecular formula is C32H29F4N3O3S. The summed E-state index contributed by atoms with van der Waals surface area (Å²) in [6.45, 7) is 3.09. The summed E-state index contributed by atoms with van der Waals surface area (Å²) in [4.78, 5) is 29.4. The number of nitrogens with one attached hydrogen (secondary N) is 1. The van der Waals surface area contributed by atoms with Gasteiger partial charge in [-0.25, -0.2) is 27.3 Å². The van der Waals surface area contributed by atoms with Crippen molar-refractivity contribution < 1.29 is 32.3 Å². The number of amides is 1. The van der Waals surface area contributed by atoms with Gasteiger partial charge in [0.05, 0.1) is 5.69 Å². The third-order valence-corrected chi connectivity index (χ3v) is 8.44. The number of carbonyl (C=O) groups is 2. The fourth-order valence-electron chi connectivity index (χ4n) is 5.37. The van der Waals surface area contributed by atoms with Crippen molar-refractivity contribution in [2.75, 3.05) is 10.2 Å². The molecule has 6 nitrogen and oxygen atoms in total. The predicted molar refractivity (Wildman–Crippen MR) is 158 cm³/mol. The van der Waals surface area contributed by atoms with Crippen LogP contribution in [0.15, 0.2) is 53.9 Å². The van der Waals surface area contributed by atoms with Crippen molar-refractivity contribution >= 4 is 39.7 Å². The summed E-state index contributed by atoms with van der Waals surface area (Å²) >= 11 is 0.989. The molecule has 5 rings (SSSR count). The van der Waals surface area contributed by atoms with Crippen LogP contribution in [0, 0.1) is 23.3 Å². The third-order valence-electron chi connectivity index (χ3n) is 7.60. The second-order valence-corrected chi connectivity index (χ2v) is 11.6. The maximum absolute atomic E-state index is 14.9. The number of aromatic nitrogens is 1. The van der Waals surface area contributed by atoms with Crippen molar-refractivity contribution in [2.24, 2.45) is 0 Å². The molecule has 1 heterocycles. The number of carbonyl (C=O) groups excluding carboxylic acids is 1. The first-order valence-electron chi connectivity index (χ1n) is 13.9. The molecule has 0 atom stereocenters. The highest BCUT2D eigenvalue weighted by molar-refractivity contribution is 7.14. The van der Waals surface area contributed by atoms with Crippen LogP contribution >= 0.6 is 11.3 Å². The first-order valence-corrected chi connectivity index (χ1v) is 14.8. The highest BCUT2D eigenvalue weighted by atomic mass is 32.1. The van der Waals surface area contributed by atoms with Crippen LogP contribution in [0.4, 0.5) is 34.1 Å². The zero-order valence-electron chi connectivity index (χ0n) is 23.5. The van der Waals surface area contributed by atoms with Gasteiger partial charge in [-0.2, -0.15) is 0 Å². The zero-order valence-corrected chi connectivity index (χ0v) is 24.3. The van der Waals surface area contributed by atoms with Gasteiger partial charge in [-0.3, -0.25) is 4.79 Å². The van der Waals surface area contributed by atoms with E-state index in [0.717, 1.165) is 16.2 Å². The summed E-state index contributed by atoms with van der Waals surface area (Å²) in [5, 5.41) is 13.5. The molecule has 2 N–H and O–H groups in total. The fraction of sp³-hybridized carbons (Fsp3) is 0.281. The van der Waals surface area contributed by atoms with Crippen LogP contribution in [0.5, 0.6) is 0 Å². The number of nitrogens with zero attached hydrogens (tertiary/aromatic N) is 2. The summed E-state index contributed by atoms with van der Waals surface area (Å²) in [5.74, 6) is -9.47. The van der Waals surface area contributed by atoms with E-state index in [0.29, 0.717) is 28.4 Å². The zero-order chi connectivity index (χ0) is 30.8. The molecule has 1 amide bonds. The van der Waals surface area contributed by atoms with E-state index in [2.05, 4.69) is 10.3 Å². The Hall–Kier alpha value is -4.25.